The summed E-state index contributed by atoms with van der Waals surface area (Å²) in [6, 6.07) is 3.97. The van der Waals surface area contributed by atoms with E-state index in [4.69, 9.17) is 14.2 Å². The maximum Gasteiger partial charge on any atom is 0.413 e. The third kappa shape index (κ3) is 10.3. The van der Waals surface area contributed by atoms with Gasteiger partial charge in [0.1, 0.15) is 5.60 Å². The molecule has 3 aromatic rings. The standard InChI is InChI=1S/C22H36N6O6S.C9H8F2/c1-7-10-35-19-23-17(24-20(30)34-21(2,3)4)16-18(25-19)28(27-26-16)13-11-14(32-9-8-29)15(12-13)33-22(5,6)31;10-8-4-3-7(5-9(8)11)6-1-2-6/h13-15,29,31H,7-12H2,1-6H3,(H,23,24,25,30);3-6H,1-2H2/t13?,14?,15-;/m0./s1. The quantitative estimate of drug-likeness (QED) is 0.130. The van der Waals surface area contributed by atoms with E-state index < -0.39 is 35.2 Å². The molecule has 2 unspecified atom stereocenters. The first kappa shape index (κ1) is 35.9. The summed E-state index contributed by atoms with van der Waals surface area (Å²) in [5.41, 5.74) is 1.08. The first-order chi connectivity index (χ1) is 21.7. The number of carbonyl (C=O) groups is 1. The van der Waals surface area contributed by atoms with Gasteiger partial charge in [-0.15, -0.1) is 5.10 Å². The zero-order valence-electron chi connectivity index (χ0n) is 27.1. The SMILES string of the molecule is CCCSc1nc(NC(=O)OC(C)(C)C)c2nnn(C3CC(OCCO)[C@@H](OC(C)(C)O)C3)c2n1.Fc1ccc(C2CC2)cc1F. The highest BCUT2D eigenvalue weighted by Crippen LogP contribution is 2.40. The van der Waals surface area contributed by atoms with E-state index in [1.54, 1.807) is 45.4 Å². The van der Waals surface area contributed by atoms with Crippen molar-refractivity contribution in [2.24, 2.45) is 0 Å². The van der Waals surface area contributed by atoms with E-state index in [1.165, 1.54) is 23.9 Å². The second kappa shape index (κ2) is 15.3. The average molecular weight is 667 g/mol. The van der Waals surface area contributed by atoms with Gasteiger partial charge in [-0.05, 0) is 90.3 Å². The van der Waals surface area contributed by atoms with E-state index in [0.29, 0.717) is 35.1 Å². The number of rotatable bonds is 11. The van der Waals surface area contributed by atoms with Crippen LogP contribution in [0.3, 0.4) is 0 Å². The number of hydrogen-bond donors (Lipinski definition) is 3. The van der Waals surface area contributed by atoms with Crippen LogP contribution in [0.4, 0.5) is 19.4 Å². The molecule has 3 atom stereocenters. The predicted octanol–water partition coefficient (Wildman–Crippen LogP) is 5.74. The number of carbonyl (C=O) groups excluding carboxylic acids is 1. The largest absolute Gasteiger partial charge is 0.444 e. The highest BCUT2D eigenvalue weighted by Gasteiger charge is 2.41. The summed E-state index contributed by atoms with van der Waals surface area (Å²) in [5.74, 6) is -1.30. The lowest BCUT2D eigenvalue weighted by Crippen LogP contribution is -2.36. The van der Waals surface area contributed by atoms with Crippen molar-refractivity contribution in [3.05, 3.63) is 35.4 Å². The molecule has 2 aromatic heterocycles. The van der Waals surface area contributed by atoms with Crippen LogP contribution in [0.1, 0.15) is 91.2 Å². The Morgan fingerprint density at radius 2 is 1.83 bits per heavy atom. The molecule has 0 radical (unpaired) electrons. The Labute approximate surface area is 271 Å². The summed E-state index contributed by atoms with van der Waals surface area (Å²) in [4.78, 5) is 21.6. The Morgan fingerprint density at radius 1 is 1.11 bits per heavy atom. The van der Waals surface area contributed by atoms with E-state index in [9.17, 15) is 23.8 Å². The van der Waals surface area contributed by atoms with Gasteiger partial charge in [-0.2, -0.15) is 0 Å². The third-order valence-corrected chi connectivity index (χ3v) is 8.04. The lowest BCUT2D eigenvalue weighted by molar-refractivity contribution is -0.224. The second-order valence-corrected chi connectivity index (χ2v) is 13.9. The van der Waals surface area contributed by atoms with E-state index in [-0.39, 0.29) is 31.2 Å². The van der Waals surface area contributed by atoms with Crippen molar-refractivity contribution in [3.8, 4) is 0 Å². The molecule has 2 heterocycles. The number of hydrogen-bond acceptors (Lipinski definition) is 11. The van der Waals surface area contributed by atoms with Crippen molar-refractivity contribution < 1.29 is 38.0 Å². The second-order valence-electron chi connectivity index (χ2n) is 12.8. The van der Waals surface area contributed by atoms with Gasteiger partial charge in [0.25, 0.3) is 0 Å². The number of fused-ring (bicyclic) bond motifs is 1. The molecule has 2 saturated carbocycles. The predicted molar refractivity (Wildman–Crippen MR) is 169 cm³/mol. The number of halogens is 2. The van der Waals surface area contributed by atoms with Crippen LogP contribution in [0.5, 0.6) is 0 Å². The molecule has 0 bridgehead atoms. The number of ether oxygens (including phenoxy) is 3. The maximum absolute atomic E-state index is 12.6. The number of aliphatic hydroxyl groups excluding tert-OH is 1. The number of anilines is 1. The van der Waals surface area contributed by atoms with Crippen molar-refractivity contribution in [2.45, 2.75) is 114 Å². The minimum Gasteiger partial charge on any atom is -0.444 e. The lowest BCUT2D eigenvalue weighted by atomic mass is 10.1. The Kier molecular flexibility index (Phi) is 11.9. The smallest absolute Gasteiger partial charge is 0.413 e. The highest BCUT2D eigenvalue weighted by molar-refractivity contribution is 7.99. The van der Waals surface area contributed by atoms with Gasteiger partial charge in [0.15, 0.2) is 39.6 Å². The summed E-state index contributed by atoms with van der Waals surface area (Å²) >= 11 is 1.47. The minimum atomic E-state index is -1.35. The summed E-state index contributed by atoms with van der Waals surface area (Å²) in [6.45, 7) is 10.6. The van der Waals surface area contributed by atoms with E-state index in [1.807, 2.05) is 0 Å². The molecular formula is C31H44F2N6O6S. The van der Waals surface area contributed by atoms with Crippen LogP contribution in [-0.4, -0.2) is 83.8 Å². The van der Waals surface area contributed by atoms with Crippen molar-refractivity contribution >= 4 is 34.8 Å². The number of nitrogens with zero attached hydrogens (tertiary/aromatic N) is 5. The van der Waals surface area contributed by atoms with Gasteiger partial charge < -0.3 is 24.4 Å². The normalized spacial score (nSPS) is 20.0. The van der Waals surface area contributed by atoms with Crippen molar-refractivity contribution in [1.82, 2.24) is 25.0 Å². The average Bonchev–Trinajstić information content (AvgIpc) is 3.61. The first-order valence-electron chi connectivity index (χ1n) is 15.5. The number of nitrogens with one attached hydrogen (secondary N) is 1. The number of amides is 1. The maximum atomic E-state index is 12.6. The zero-order chi connectivity index (χ0) is 33.6. The van der Waals surface area contributed by atoms with Crippen molar-refractivity contribution in [3.63, 3.8) is 0 Å². The van der Waals surface area contributed by atoms with Crippen LogP contribution in [0.2, 0.25) is 0 Å². The third-order valence-electron chi connectivity index (χ3n) is 6.98. The summed E-state index contributed by atoms with van der Waals surface area (Å²) in [5, 5.41) is 31.2. The van der Waals surface area contributed by atoms with Gasteiger partial charge in [0, 0.05) is 5.75 Å². The van der Waals surface area contributed by atoms with Crippen LogP contribution in [0.25, 0.3) is 11.2 Å². The first-order valence-corrected chi connectivity index (χ1v) is 16.5. The fourth-order valence-corrected chi connectivity index (χ4v) is 5.69. The molecule has 2 fully saturated rings. The van der Waals surface area contributed by atoms with Crippen LogP contribution in [-0.2, 0) is 14.2 Å². The monoisotopic (exact) mass is 666 g/mol. The molecule has 46 heavy (non-hydrogen) atoms. The molecular weight excluding hydrogens is 622 g/mol. The highest BCUT2D eigenvalue weighted by atomic mass is 32.2. The Hall–Kier alpha value is -2.98. The summed E-state index contributed by atoms with van der Waals surface area (Å²) in [6.07, 6.45) is 2.77. The van der Waals surface area contributed by atoms with E-state index >= 15 is 0 Å². The van der Waals surface area contributed by atoms with E-state index in [2.05, 4.69) is 32.5 Å². The lowest BCUT2D eigenvalue weighted by Gasteiger charge is -2.27. The van der Waals surface area contributed by atoms with Crippen LogP contribution in [0.15, 0.2) is 23.4 Å². The van der Waals surface area contributed by atoms with Crippen LogP contribution < -0.4 is 5.32 Å². The van der Waals surface area contributed by atoms with Gasteiger partial charge in [0.05, 0.1) is 31.5 Å². The van der Waals surface area contributed by atoms with Gasteiger partial charge in [-0.25, -0.2) is 28.2 Å². The number of thioether (sulfide) groups is 1. The van der Waals surface area contributed by atoms with Crippen LogP contribution in [0, 0.1) is 11.6 Å². The molecule has 1 aromatic carbocycles. The van der Waals surface area contributed by atoms with Gasteiger partial charge in [-0.3, -0.25) is 5.32 Å². The fourth-order valence-electron chi connectivity index (χ4n) is 4.99. The Bertz CT molecular complexity index is 1480. The Morgan fingerprint density at radius 3 is 2.43 bits per heavy atom. The van der Waals surface area contributed by atoms with Gasteiger partial charge in [0.2, 0.25) is 0 Å². The summed E-state index contributed by atoms with van der Waals surface area (Å²) in [7, 11) is 0. The molecule has 0 saturated heterocycles. The summed E-state index contributed by atoms with van der Waals surface area (Å²) < 4.78 is 43.7. The molecule has 1 amide bonds. The fraction of sp³-hybridized carbons (Fsp3) is 0.645. The molecule has 2 aliphatic carbocycles. The van der Waals surface area contributed by atoms with E-state index in [0.717, 1.165) is 30.6 Å². The number of aliphatic hydroxyl groups is 2. The molecule has 5 rings (SSSR count). The number of aromatic nitrogens is 5. The Balaban J connectivity index is 0.000000363. The molecule has 0 spiro atoms. The molecule has 2 aliphatic rings. The minimum absolute atomic E-state index is 0.117. The molecule has 254 valence electrons. The molecule has 15 heteroatoms. The van der Waals surface area contributed by atoms with Crippen LogP contribution >= 0.6 is 11.8 Å². The van der Waals surface area contributed by atoms with Crippen molar-refractivity contribution in [2.75, 3.05) is 24.3 Å². The molecule has 3 N–H and O–H groups in total. The zero-order valence-corrected chi connectivity index (χ0v) is 27.9. The van der Waals surface area contributed by atoms with Gasteiger partial charge in [-0.1, -0.05) is 30.0 Å². The van der Waals surface area contributed by atoms with Crippen molar-refractivity contribution in [1.29, 1.82) is 0 Å². The van der Waals surface area contributed by atoms with Gasteiger partial charge >= 0.3 is 6.09 Å². The topological polar surface area (TPSA) is 154 Å². The number of benzene rings is 1. The molecule has 0 aliphatic heterocycles. The molecule has 12 nitrogen and oxygen atoms in total.